The molecule has 4 heteroatoms. The Bertz CT molecular complexity index is 292. The van der Waals surface area contributed by atoms with Crippen LogP contribution in [0, 0.1) is 0 Å². The van der Waals surface area contributed by atoms with Crippen LogP contribution in [0.1, 0.15) is 6.92 Å². The Hall–Kier alpha value is -1.22. The molecule has 0 amide bonds. The van der Waals surface area contributed by atoms with Crippen LogP contribution in [0.4, 0.5) is 0 Å². The van der Waals surface area contributed by atoms with Gasteiger partial charge in [-0.3, -0.25) is 0 Å². The monoisotopic (exact) mass is 199 g/mol. The molecule has 70 valence electrons. The maximum Gasteiger partial charge on any atom is 0.332 e. The van der Waals surface area contributed by atoms with Crippen molar-refractivity contribution in [1.29, 1.82) is 0 Å². The van der Waals surface area contributed by atoms with Crippen LogP contribution in [0.2, 0.25) is 0 Å². The highest BCUT2D eigenvalue weighted by Gasteiger charge is 2.01. The molecule has 0 aromatic rings. The van der Waals surface area contributed by atoms with E-state index in [0.29, 0.717) is 17.3 Å². The number of ether oxygens (including phenoxy) is 1. The zero-order valence-electron chi connectivity index (χ0n) is 7.21. The minimum Gasteiger partial charge on any atom is -0.463 e. The molecule has 1 rings (SSSR count). The Morgan fingerprint density at radius 1 is 1.69 bits per heavy atom. The second kappa shape index (κ2) is 4.72. The Labute approximate surface area is 81.7 Å². The molecular weight excluding hydrogens is 190 g/mol. The van der Waals surface area contributed by atoms with Gasteiger partial charge in [0, 0.05) is 18.0 Å². The largest absolute Gasteiger partial charge is 0.463 e. The molecule has 0 aliphatic carbocycles. The van der Waals surface area contributed by atoms with Crippen molar-refractivity contribution in [3.63, 3.8) is 0 Å². The molecule has 0 atom stereocenters. The first kappa shape index (κ1) is 9.86. The van der Waals surface area contributed by atoms with E-state index in [-0.39, 0.29) is 5.97 Å². The maximum absolute atomic E-state index is 11.0. The fourth-order valence-corrected chi connectivity index (χ4v) is 0.936. The molecule has 0 unspecified atom stereocenters. The van der Waals surface area contributed by atoms with Crippen molar-refractivity contribution in [1.82, 2.24) is 5.32 Å². The summed E-state index contributed by atoms with van der Waals surface area (Å²) < 4.78 is 4.73. The molecule has 1 N–H and O–H groups in total. The molecule has 13 heavy (non-hydrogen) atoms. The van der Waals surface area contributed by atoms with Gasteiger partial charge in [0.05, 0.1) is 11.6 Å². The van der Waals surface area contributed by atoms with Crippen LogP contribution in [0.5, 0.6) is 0 Å². The molecule has 0 radical (unpaired) electrons. The smallest absolute Gasteiger partial charge is 0.332 e. The Balaban J connectivity index is 2.55. The minimum atomic E-state index is -0.360. The topological polar surface area (TPSA) is 38.3 Å². The summed E-state index contributed by atoms with van der Waals surface area (Å²) >= 11 is 5.65. The van der Waals surface area contributed by atoms with Crippen LogP contribution in [0.25, 0.3) is 0 Å². The number of dihydropyridines is 1. The molecule has 0 fully saturated rings. The molecule has 0 bridgehead atoms. The standard InChI is InChI=1S/C9H10ClNO2/c1-2-13-9(12)5-8-4-3-7(10)6-11-8/h3-6,11H,2H2,1H3. The molecule has 1 aliphatic rings. The number of carbonyl (C=O) groups is 1. The van der Waals surface area contributed by atoms with E-state index in [9.17, 15) is 4.79 Å². The van der Waals surface area contributed by atoms with Gasteiger partial charge in [-0.25, -0.2) is 4.79 Å². The Kier molecular flexibility index (Phi) is 3.58. The fraction of sp³-hybridized carbons (Fsp3) is 0.222. The molecule has 0 spiro atoms. The van der Waals surface area contributed by atoms with Crippen molar-refractivity contribution >= 4 is 17.6 Å². The second-order valence-electron chi connectivity index (χ2n) is 2.36. The molecule has 1 aliphatic heterocycles. The summed E-state index contributed by atoms with van der Waals surface area (Å²) in [4.78, 5) is 11.0. The number of hydrogen-bond acceptors (Lipinski definition) is 3. The van der Waals surface area contributed by atoms with Crippen molar-refractivity contribution in [3.8, 4) is 0 Å². The lowest BCUT2D eigenvalue weighted by Gasteiger charge is -2.06. The van der Waals surface area contributed by atoms with Crippen molar-refractivity contribution < 1.29 is 9.53 Å². The Morgan fingerprint density at radius 2 is 2.46 bits per heavy atom. The van der Waals surface area contributed by atoms with Crippen LogP contribution in [0.3, 0.4) is 0 Å². The zero-order valence-corrected chi connectivity index (χ0v) is 7.97. The van der Waals surface area contributed by atoms with E-state index in [4.69, 9.17) is 16.3 Å². The summed E-state index contributed by atoms with van der Waals surface area (Å²) in [7, 11) is 0. The average molecular weight is 200 g/mol. The van der Waals surface area contributed by atoms with Gasteiger partial charge in [-0.05, 0) is 19.1 Å². The quantitative estimate of drug-likeness (QED) is 0.543. The molecule has 0 aromatic carbocycles. The van der Waals surface area contributed by atoms with Gasteiger partial charge in [-0.15, -0.1) is 0 Å². The van der Waals surface area contributed by atoms with E-state index in [1.807, 2.05) is 0 Å². The minimum absolute atomic E-state index is 0.360. The van der Waals surface area contributed by atoms with Crippen LogP contribution in [-0.4, -0.2) is 12.6 Å². The van der Waals surface area contributed by atoms with E-state index >= 15 is 0 Å². The van der Waals surface area contributed by atoms with E-state index in [1.54, 1.807) is 25.3 Å². The van der Waals surface area contributed by atoms with Crippen LogP contribution in [0.15, 0.2) is 35.2 Å². The number of esters is 1. The predicted octanol–water partition coefficient (Wildman–Crippen LogP) is 1.67. The van der Waals surface area contributed by atoms with Crippen molar-refractivity contribution in [3.05, 3.63) is 35.2 Å². The first-order valence-electron chi connectivity index (χ1n) is 3.91. The third kappa shape index (κ3) is 3.34. The molecule has 0 saturated carbocycles. The number of allylic oxidation sites excluding steroid dienone is 3. The lowest BCUT2D eigenvalue weighted by molar-refractivity contribution is -0.137. The number of nitrogens with one attached hydrogen (secondary N) is 1. The van der Waals surface area contributed by atoms with Gasteiger partial charge < -0.3 is 10.1 Å². The van der Waals surface area contributed by atoms with Gasteiger partial charge in [0.15, 0.2) is 0 Å². The SMILES string of the molecule is CCOC(=O)C=C1C=CC(Cl)=CN1. The summed E-state index contributed by atoms with van der Waals surface area (Å²) in [6, 6.07) is 0. The zero-order chi connectivity index (χ0) is 9.68. The first-order chi connectivity index (χ1) is 6.22. The van der Waals surface area contributed by atoms with Gasteiger partial charge >= 0.3 is 5.97 Å². The van der Waals surface area contributed by atoms with Gasteiger partial charge in [0.1, 0.15) is 0 Å². The average Bonchev–Trinajstić information content (AvgIpc) is 2.09. The Morgan fingerprint density at radius 3 is 3.00 bits per heavy atom. The summed E-state index contributed by atoms with van der Waals surface area (Å²) in [5.41, 5.74) is 0.669. The summed E-state index contributed by atoms with van der Waals surface area (Å²) in [6.45, 7) is 2.14. The molecule has 0 saturated heterocycles. The lowest BCUT2D eigenvalue weighted by atomic mass is 10.3. The second-order valence-corrected chi connectivity index (χ2v) is 2.80. The van der Waals surface area contributed by atoms with Gasteiger partial charge in [-0.2, -0.15) is 0 Å². The number of hydrogen-bond donors (Lipinski definition) is 1. The van der Waals surface area contributed by atoms with Gasteiger partial charge in [-0.1, -0.05) is 11.6 Å². The molecule has 3 nitrogen and oxygen atoms in total. The van der Waals surface area contributed by atoms with Gasteiger partial charge in [0.25, 0.3) is 0 Å². The first-order valence-corrected chi connectivity index (χ1v) is 4.29. The molecule has 1 heterocycles. The highest BCUT2D eigenvalue weighted by Crippen LogP contribution is 2.09. The number of carbonyl (C=O) groups excluding carboxylic acids is 1. The van der Waals surface area contributed by atoms with Crippen LogP contribution in [-0.2, 0) is 9.53 Å². The van der Waals surface area contributed by atoms with Crippen molar-refractivity contribution in [2.45, 2.75) is 6.92 Å². The maximum atomic E-state index is 11.0. The fourth-order valence-electron chi connectivity index (χ4n) is 0.819. The summed E-state index contributed by atoms with van der Waals surface area (Å²) in [5, 5.41) is 3.44. The highest BCUT2D eigenvalue weighted by atomic mass is 35.5. The van der Waals surface area contributed by atoms with Crippen molar-refractivity contribution in [2.24, 2.45) is 0 Å². The number of halogens is 1. The van der Waals surface area contributed by atoms with E-state index in [1.165, 1.54) is 6.08 Å². The van der Waals surface area contributed by atoms with Crippen molar-refractivity contribution in [2.75, 3.05) is 6.61 Å². The summed E-state index contributed by atoms with van der Waals surface area (Å²) in [5.74, 6) is -0.360. The molecule has 0 aromatic heterocycles. The van der Waals surface area contributed by atoms with E-state index in [2.05, 4.69) is 5.32 Å². The number of rotatable bonds is 2. The van der Waals surface area contributed by atoms with Gasteiger partial charge in [0.2, 0.25) is 0 Å². The lowest BCUT2D eigenvalue weighted by Crippen LogP contribution is -2.10. The highest BCUT2D eigenvalue weighted by molar-refractivity contribution is 6.31. The molecular formula is C9H10ClNO2. The van der Waals surface area contributed by atoms with Crippen LogP contribution >= 0.6 is 11.6 Å². The normalized spacial score (nSPS) is 18.0. The van der Waals surface area contributed by atoms with E-state index < -0.39 is 0 Å². The predicted molar refractivity (Wildman–Crippen MR) is 50.9 cm³/mol. The third-order valence-electron chi connectivity index (χ3n) is 1.36. The van der Waals surface area contributed by atoms with E-state index in [0.717, 1.165) is 0 Å². The summed E-state index contributed by atoms with van der Waals surface area (Å²) in [6.07, 6.45) is 6.38. The van der Waals surface area contributed by atoms with Crippen LogP contribution < -0.4 is 5.32 Å². The third-order valence-corrected chi connectivity index (χ3v) is 1.59.